The van der Waals surface area contributed by atoms with E-state index in [1.807, 2.05) is 6.07 Å². The summed E-state index contributed by atoms with van der Waals surface area (Å²) in [7, 11) is 0. The van der Waals surface area contributed by atoms with Gasteiger partial charge >= 0.3 is 0 Å². The average Bonchev–Trinajstić information content (AvgIpc) is 2.71. The number of hydrogen-bond acceptors (Lipinski definition) is 4. The molecule has 0 aliphatic carbocycles. The molecule has 0 saturated carbocycles. The molecule has 0 unspecified atom stereocenters. The smallest absolute Gasteiger partial charge is 0.0991 e. The van der Waals surface area contributed by atoms with Gasteiger partial charge in [-0.15, -0.1) is 0 Å². The highest BCUT2D eigenvalue weighted by atomic mass is 15.5. The van der Waals surface area contributed by atoms with Gasteiger partial charge in [0.15, 0.2) is 0 Å². The third-order valence-electron chi connectivity index (χ3n) is 1.59. The largest absolute Gasteiger partial charge is 0.330 e. The van der Waals surface area contributed by atoms with E-state index in [4.69, 9.17) is 5.26 Å². The lowest BCUT2D eigenvalue weighted by Gasteiger charge is -1.98. The van der Waals surface area contributed by atoms with Crippen molar-refractivity contribution in [1.82, 2.24) is 20.6 Å². The Morgan fingerprint density at radius 2 is 2.00 bits per heavy atom. The minimum atomic E-state index is 0.476. The summed E-state index contributed by atoms with van der Waals surface area (Å²) >= 11 is 0. The van der Waals surface area contributed by atoms with Gasteiger partial charge in [0, 0.05) is 5.82 Å². The molecule has 2 rings (SSSR count). The highest BCUT2D eigenvalue weighted by Crippen LogP contribution is 2.12. The van der Waals surface area contributed by atoms with Crippen LogP contribution >= 0.6 is 0 Å². The lowest BCUT2D eigenvalue weighted by atomic mass is 10.1. The summed E-state index contributed by atoms with van der Waals surface area (Å²) in [6, 6.07) is 8.95. The van der Waals surface area contributed by atoms with Crippen LogP contribution in [0.1, 0.15) is 5.56 Å². The van der Waals surface area contributed by atoms with E-state index in [0.29, 0.717) is 11.4 Å². The normalized spacial score (nSPS) is 9.46. The van der Waals surface area contributed by atoms with Crippen LogP contribution in [0.4, 0.5) is 0 Å². The summed E-state index contributed by atoms with van der Waals surface area (Å²) in [5.41, 5.74) is 1.42. The van der Waals surface area contributed by atoms with Crippen molar-refractivity contribution in [2.75, 3.05) is 0 Å². The van der Waals surface area contributed by atoms with Gasteiger partial charge in [-0.25, -0.2) is 0 Å². The molecule has 2 aromatic rings. The molecule has 5 heteroatoms. The Morgan fingerprint density at radius 1 is 1.23 bits per heavy atom. The van der Waals surface area contributed by atoms with Crippen LogP contribution in [0.25, 0.3) is 11.4 Å². The van der Waals surface area contributed by atoms with Crippen LogP contribution in [-0.2, 0) is 0 Å². The number of rotatable bonds is 1. The molecular weight excluding hydrogens is 166 g/mol. The fourth-order valence-electron chi connectivity index (χ4n) is 0.954. The van der Waals surface area contributed by atoms with Gasteiger partial charge in [-0.05, 0) is 17.7 Å². The van der Waals surface area contributed by atoms with Gasteiger partial charge in [0.05, 0.1) is 11.6 Å². The van der Waals surface area contributed by atoms with Crippen molar-refractivity contribution in [2.45, 2.75) is 0 Å². The average molecular weight is 170 g/mol. The van der Waals surface area contributed by atoms with Gasteiger partial charge < -0.3 is 5.10 Å². The Balaban J connectivity index is 2.40. The SMILES string of the molecule is N#Cc1ccc(-c2nnn[n-]2)cc1. The molecule has 0 amide bonds. The zero-order valence-corrected chi connectivity index (χ0v) is 6.55. The molecule has 0 aliphatic heterocycles. The Bertz CT molecular complexity index is 423. The molecule has 1 heterocycles. The molecule has 62 valence electrons. The third-order valence-corrected chi connectivity index (χ3v) is 1.59. The van der Waals surface area contributed by atoms with Crippen LogP contribution in [0.5, 0.6) is 0 Å². The Labute approximate surface area is 74.0 Å². The number of hydrogen-bond donors (Lipinski definition) is 0. The number of nitrogens with zero attached hydrogens (tertiary/aromatic N) is 5. The standard InChI is InChI=1S/C8H4N5/c9-5-6-1-3-7(4-2-6)8-10-12-13-11-8/h1-4H/q-1. The van der Waals surface area contributed by atoms with Gasteiger partial charge in [0.25, 0.3) is 0 Å². The molecule has 0 bridgehead atoms. The lowest BCUT2D eigenvalue weighted by molar-refractivity contribution is 0.871. The van der Waals surface area contributed by atoms with Crippen LogP contribution in [0.2, 0.25) is 0 Å². The van der Waals surface area contributed by atoms with Crippen LogP contribution in [0.3, 0.4) is 0 Å². The van der Waals surface area contributed by atoms with Crippen LogP contribution in [-0.4, -0.2) is 15.5 Å². The molecule has 0 aliphatic rings. The Kier molecular flexibility index (Phi) is 1.73. The van der Waals surface area contributed by atoms with Crippen molar-refractivity contribution in [2.24, 2.45) is 0 Å². The quantitative estimate of drug-likeness (QED) is 0.617. The molecule has 1 aromatic heterocycles. The van der Waals surface area contributed by atoms with Crippen LogP contribution in [0.15, 0.2) is 24.3 Å². The predicted molar refractivity (Wildman–Crippen MR) is 43.3 cm³/mol. The molecule has 5 nitrogen and oxygen atoms in total. The second kappa shape index (κ2) is 3.03. The molecule has 0 atom stereocenters. The molecule has 0 fully saturated rings. The van der Waals surface area contributed by atoms with Crippen LogP contribution < -0.4 is 5.10 Å². The highest BCUT2D eigenvalue weighted by Gasteiger charge is 1.94. The van der Waals surface area contributed by atoms with Gasteiger partial charge in [-0.3, -0.25) is 10.3 Å². The van der Waals surface area contributed by atoms with E-state index in [2.05, 4.69) is 20.6 Å². The summed E-state index contributed by atoms with van der Waals surface area (Å²) in [5.74, 6) is 0.476. The zero-order valence-electron chi connectivity index (χ0n) is 6.55. The second-order valence-electron chi connectivity index (χ2n) is 2.39. The lowest BCUT2D eigenvalue weighted by Crippen LogP contribution is -1.83. The van der Waals surface area contributed by atoms with Crippen molar-refractivity contribution in [3.63, 3.8) is 0 Å². The zero-order chi connectivity index (χ0) is 9.10. The molecule has 0 spiro atoms. The summed E-state index contributed by atoms with van der Waals surface area (Å²) in [6.07, 6.45) is 0. The molecule has 13 heavy (non-hydrogen) atoms. The molecule has 0 N–H and O–H groups in total. The van der Waals surface area contributed by atoms with E-state index in [9.17, 15) is 0 Å². The number of nitriles is 1. The van der Waals surface area contributed by atoms with Gasteiger partial charge in [0.1, 0.15) is 0 Å². The minimum Gasteiger partial charge on any atom is -0.330 e. The number of aromatic nitrogens is 4. The summed E-state index contributed by atoms with van der Waals surface area (Å²) in [4.78, 5) is 0. The van der Waals surface area contributed by atoms with Gasteiger partial charge in [-0.2, -0.15) is 10.5 Å². The number of benzene rings is 1. The summed E-state index contributed by atoms with van der Waals surface area (Å²) in [5, 5.41) is 22.7. The maximum absolute atomic E-state index is 8.55. The van der Waals surface area contributed by atoms with Crippen molar-refractivity contribution in [3.8, 4) is 17.5 Å². The third kappa shape index (κ3) is 1.37. The summed E-state index contributed by atoms with van der Waals surface area (Å²) < 4.78 is 0. The fourth-order valence-corrected chi connectivity index (χ4v) is 0.954. The van der Waals surface area contributed by atoms with Gasteiger partial charge in [0.2, 0.25) is 0 Å². The van der Waals surface area contributed by atoms with E-state index < -0.39 is 0 Å². The fraction of sp³-hybridized carbons (Fsp3) is 0. The van der Waals surface area contributed by atoms with E-state index >= 15 is 0 Å². The monoisotopic (exact) mass is 170 g/mol. The second-order valence-corrected chi connectivity index (χ2v) is 2.39. The molecule has 0 saturated heterocycles. The predicted octanol–water partition coefficient (Wildman–Crippen LogP) is 0.367. The van der Waals surface area contributed by atoms with Crippen molar-refractivity contribution < 1.29 is 0 Å². The van der Waals surface area contributed by atoms with E-state index in [1.54, 1.807) is 24.3 Å². The first kappa shape index (κ1) is 7.43. The Hall–Kier alpha value is -2.22. The minimum absolute atomic E-state index is 0.476. The van der Waals surface area contributed by atoms with Crippen molar-refractivity contribution in [3.05, 3.63) is 29.8 Å². The maximum Gasteiger partial charge on any atom is 0.0991 e. The van der Waals surface area contributed by atoms with Crippen molar-refractivity contribution in [1.29, 1.82) is 5.26 Å². The van der Waals surface area contributed by atoms with Crippen LogP contribution in [0, 0.1) is 11.3 Å². The first-order valence-corrected chi connectivity index (χ1v) is 3.59. The Morgan fingerprint density at radius 3 is 2.54 bits per heavy atom. The molecular formula is C8H4N5-. The maximum atomic E-state index is 8.55. The van der Waals surface area contributed by atoms with Crippen molar-refractivity contribution >= 4 is 0 Å². The van der Waals surface area contributed by atoms with E-state index in [-0.39, 0.29) is 0 Å². The number of tetrazole rings is 1. The highest BCUT2D eigenvalue weighted by molar-refractivity contribution is 5.55. The first-order chi connectivity index (χ1) is 6.40. The van der Waals surface area contributed by atoms with E-state index in [1.165, 1.54) is 0 Å². The topological polar surface area (TPSA) is 76.6 Å². The first-order valence-electron chi connectivity index (χ1n) is 3.59. The molecule has 0 radical (unpaired) electrons. The summed E-state index contributed by atoms with van der Waals surface area (Å²) in [6.45, 7) is 0. The van der Waals surface area contributed by atoms with E-state index in [0.717, 1.165) is 5.56 Å². The molecule has 1 aromatic carbocycles. The van der Waals surface area contributed by atoms with Gasteiger partial charge in [-0.1, -0.05) is 12.1 Å².